The minimum absolute atomic E-state index is 0.0107. The highest BCUT2D eigenvalue weighted by atomic mass is 16.6. The molecule has 148 valence electrons. The summed E-state index contributed by atoms with van der Waals surface area (Å²) in [6, 6.07) is 9.86. The van der Waals surface area contributed by atoms with Gasteiger partial charge in [0.2, 0.25) is 0 Å². The van der Waals surface area contributed by atoms with Crippen LogP contribution in [0.25, 0.3) is 0 Å². The van der Waals surface area contributed by atoms with Crippen molar-refractivity contribution in [3.8, 4) is 0 Å². The Labute approximate surface area is 162 Å². The number of piperidine rings is 1. The fourth-order valence-electron chi connectivity index (χ4n) is 3.00. The van der Waals surface area contributed by atoms with Crippen molar-refractivity contribution in [1.29, 1.82) is 0 Å². The van der Waals surface area contributed by atoms with Crippen molar-refractivity contribution in [1.82, 2.24) is 10.2 Å². The summed E-state index contributed by atoms with van der Waals surface area (Å²) < 4.78 is 10.0. The molecule has 0 atom stereocenters. The molecule has 3 amide bonds. The van der Waals surface area contributed by atoms with E-state index in [1.807, 2.05) is 0 Å². The fourth-order valence-corrected chi connectivity index (χ4v) is 3.00. The Morgan fingerprint density at radius 3 is 2.43 bits per heavy atom. The van der Waals surface area contributed by atoms with Crippen LogP contribution in [-0.2, 0) is 4.74 Å². The van der Waals surface area contributed by atoms with Gasteiger partial charge in [0.15, 0.2) is 5.76 Å². The molecule has 0 radical (unpaired) electrons. The summed E-state index contributed by atoms with van der Waals surface area (Å²) >= 11 is 0. The first-order valence-corrected chi connectivity index (χ1v) is 9.24. The maximum Gasteiger partial charge on any atom is 0.409 e. The highest BCUT2D eigenvalue weighted by Gasteiger charge is 2.24. The SMILES string of the molecule is CCOC(=O)N1CCC(NC(=O)c2ccc(NC(=O)c3ccco3)cc2)CC1. The van der Waals surface area contributed by atoms with E-state index in [0.29, 0.717) is 43.8 Å². The monoisotopic (exact) mass is 385 g/mol. The second kappa shape index (κ2) is 9.07. The number of carbonyl (C=O) groups is 3. The molecule has 1 aromatic heterocycles. The van der Waals surface area contributed by atoms with Gasteiger partial charge in [-0.3, -0.25) is 9.59 Å². The third-order valence-corrected chi connectivity index (χ3v) is 4.51. The second-order valence-electron chi connectivity index (χ2n) is 6.44. The van der Waals surface area contributed by atoms with Gasteiger partial charge in [0.1, 0.15) is 0 Å². The summed E-state index contributed by atoms with van der Waals surface area (Å²) in [6.07, 6.45) is 2.49. The summed E-state index contributed by atoms with van der Waals surface area (Å²) in [5.41, 5.74) is 1.07. The first-order chi connectivity index (χ1) is 13.6. The zero-order valence-corrected chi connectivity index (χ0v) is 15.6. The van der Waals surface area contributed by atoms with Gasteiger partial charge >= 0.3 is 6.09 Å². The molecule has 2 N–H and O–H groups in total. The van der Waals surface area contributed by atoms with E-state index in [0.717, 1.165) is 0 Å². The van der Waals surface area contributed by atoms with Crippen molar-refractivity contribution in [3.05, 3.63) is 54.0 Å². The summed E-state index contributed by atoms with van der Waals surface area (Å²) in [5.74, 6) is -0.315. The van der Waals surface area contributed by atoms with Crippen LogP contribution in [0.4, 0.5) is 10.5 Å². The Hall–Kier alpha value is -3.29. The van der Waals surface area contributed by atoms with Gasteiger partial charge < -0.3 is 24.7 Å². The van der Waals surface area contributed by atoms with E-state index in [2.05, 4.69) is 10.6 Å². The lowest BCUT2D eigenvalue weighted by Gasteiger charge is -2.31. The Balaban J connectivity index is 1.48. The van der Waals surface area contributed by atoms with E-state index in [1.165, 1.54) is 6.26 Å². The van der Waals surface area contributed by atoms with Gasteiger partial charge in [-0.2, -0.15) is 0 Å². The predicted molar refractivity (Wildman–Crippen MR) is 102 cm³/mol. The topological polar surface area (TPSA) is 101 Å². The smallest absolute Gasteiger partial charge is 0.409 e. The summed E-state index contributed by atoms with van der Waals surface area (Å²) in [7, 11) is 0. The summed E-state index contributed by atoms with van der Waals surface area (Å²) in [4.78, 5) is 37.8. The van der Waals surface area contributed by atoms with Crippen LogP contribution in [0.3, 0.4) is 0 Å². The van der Waals surface area contributed by atoms with Crippen molar-refractivity contribution < 1.29 is 23.5 Å². The molecule has 1 fully saturated rings. The number of benzene rings is 1. The number of hydrogen-bond donors (Lipinski definition) is 2. The van der Waals surface area contributed by atoms with Crippen LogP contribution in [0.5, 0.6) is 0 Å². The van der Waals surface area contributed by atoms with Crippen LogP contribution in [0.2, 0.25) is 0 Å². The van der Waals surface area contributed by atoms with Crippen molar-refractivity contribution in [2.75, 3.05) is 25.0 Å². The predicted octanol–water partition coefficient (Wildman–Crippen LogP) is 2.88. The van der Waals surface area contributed by atoms with E-state index < -0.39 is 0 Å². The number of ether oxygens (including phenoxy) is 1. The average molecular weight is 385 g/mol. The molecule has 1 saturated heterocycles. The molecular formula is C20H23N3O5. The molecule has 2 heterocycles. The van der Waals surface area contributed by atoms with Gasteiger partial charge in [0.05, 0.1) is 12.9 Å². The van der Waals surface area contributed by atoms with E-state index in [9.17, 15) is 14.4 Å². The van der Waals surface area contributed by atoms with Crippen LogP contribution >= 0.6 is 0 Å². The van der Waals surface area contributed by atoms with E-state index in [4.69, 9.17) is 9.15 Å². The van der Waals surface area contributed by atoms with Crippen LogP contribution < -0.4 is 10.6 Å². The number of nitrogens with zero attached hydrogens (tertiary/aromatic N) is 1. The molecule has 1 aromatic carbocycles. The molecular weight excluding hydrogens is 362 g/mol. The maximum atomic E-state index is 12.4. The normalized spacial score (nSPS) is 14.4. The lowest BCUT2D eigenvalue weighted by molar-refractivity contribution is 0.0859. The Morgan fingerprint density at radius 2 is 1.82 bits per heavy atom. The fraction of sp³-hybridized carbons (Fsp3) is 0.350. The van der Waals surface area contributed by atoms with E-state index in [1.54, 1.807) is 48.2 Å². The molecule has 0 bridgehead atoms. The molecule has 1 aliphatic rings. The molecule has 1 aliphatic heterocycles. The number of furan rings is 1. The van der Waals surface area contributed by atoms with Crippen LogP contribution in [0, 0.1) is 0 Å². The number of nitrogens with one attached hydrogen (secondary N) is 2. The molecule has 2 aromatic rings. The molecule has 0 unspecified atom stereocenters. The first-order valence-electron chi connectivity index (χ1n) is 9.24. The highest BCUT2D eigenvalue weighted by molar-refractivity contribution is 6.02. The number of anilines is 1. The number of amides is 3. The molecule has 0 aliphatic carbocycles. The molecule has 8 nitrogen and oxygen atoms in total. The van der Waals surface area contributed by atoms with Gasteiger partial charge in [-0.15, -0.1) is 0 Å². The minimum atomic E-state index is -0.351. The highest BCUT2D eigenvalue weighted by Crippen LogP contribution is 2.15. The third kappa shape index (κ3) is 4.91. The molecule has 0 saturated carbocycles. The largest absolute Gasteiger partial charge is 0.459 e. The summed E-state index contributed by atoms with van der Waals surface area (Å²) in [6.45, 7) is 3.25. The average Bonchev–Trinajstić information content (AvgIpc) is 3.24. The lowest BCUT2D eigenvalue weighted by atomic mass is 10.0. The second-order valence-corrected chi connectivity index (χ2v) is 6.44. The summed E-state index contributed by atoms with van der Waals surface area (Å²) in [5, 5.41) is 5.69. The Bertz CT molecular complexity index is 809. The zero-order valence-electron chi connectivity index (χ0n) is 15.6. The number of rotatable bonds is 5. The van der Waals surface area contributed by atoms with Crippen molar-refractivity contribution in [3.63, 3.8) is 0 Å². The van der Waals surface area contributed by atoms with Gasteiger partial charge in [0.25, 0.3) is 11.8 Å². The molecule has 8 heteroatoms. The number of likely N-dealkylation sites (tertiary alicyclic amines) is 1. The van der Waals surface area contributed by atoms with Crippen molar-refractivity contribution in [2.24, 2.45) is 0 Å². The maximum absolute atomic E-state index is 12.4. The van der Waals surface area contributed by atoms with E-state index >= 15 is 0 Å². The molecule has 28 heavy (non-hydrogen) atoms. The number of carbonyl (C=O) groups excluding carboxylic acids is 3. The Kier molecular flexibility index (Phi) is 6.31. The van der Waals surface area contributed by atoms with Gasteiger partial charge in [-0.1, -0.05) is 0 Å². The zero-order chi connectivity index (χ0) is 19.9. The Morgan fingerprint density at radius 1 is 1.11 bits per heavy atom. The first kappa shape index (κ1) is 19.5. The third-order valence-electron chi connectivity index (χ3n) is 4.51. The van der Waals surface area contributed by atoms with Crippen LogP contribution in [-0.4, -0.2) is 48.5 Å². The standard InChI is InChI=1S/C20H23N3O5/c1-2-27-20(26)23-11-9-16(10-12-23)21-18(24)14-5-7-15(8-6-14)22-19(25)17-4-3-13-28-17/h3-8,13,16H,2,9-12H2,1H3,(H,21,24)(H,22,25). The van der Waals surface area contributed by atoms with Gasteiger partial charge in [-0.05, 0) is 56.2 Å². The quantitative estimate of drug-likeness (QED) is 0.824. The minimum Gasteiger partial charge on any atom is -0.459 e. The van der Waals surface area contributed by atoms with Gasteiger partial charge in [-0.25, -0.2) is 4.79 Å². The van der Waals surface area contributed by atoms with Crippen molar-refractivity contribution >= 4 is 23.6 Å². The molecule has 0 spiro atoms. The number of hydrogen-bond acceptors (Lipinski definition) is 5. The molecule has 3 rings (SSSR count). The van der Waals surface area contributed by atoms with Crippen LogP contribution in [0.1, 0.15) is 40.7 Å². The van der Waals surface area contributed by atoms with Crippen LogP contribution in [0.15, 0.2) is 47.1 Å². The lowest BCUT2D eigenvalue weighted by Crippen LogP contribution is -2.46. The van der Waals surface area contributed by atoms with Crippen molar-refractivity contribution in [2.45, 2.75) is 25.8 Å². The van der Waals surface area contributed by atoms with Gasteiger partial charge in [0, 0.05) is 30.4 Å². The van der Waals surface area contributed by atoms with E-state index in [-0.39, 0.29) is 29.7 Å².